The first-order valence-corrected chi connectivity index (χ1v) is 10.7. The number of aliphatic hydroxyl groups is 2. The molecule has 5 nitrogen and oxygen atoms in total. The smallest absolute Gasteiger partial charge is 0.303 e. The Bertz CT molecular complexity index is 702. The molecule has 2 fully saturated rings. The zero-order valence-electron chi connectivity index (χ0n) is 17.0. The highest BCUT2D eigenvalue weighted by Gasteiger charge is 2.57. The number of carboxylic acid groups (broad SMARTS) is 1. The van der Waals surface area contributed by atoms with Crippen LogP contribution in [0.4, 0.5) is 0 Å². The van der Waals surface area contributed by atoms with Crippen molar-refractivity contribution in [2.24, 2.45) is 17.3 Å². The number of rotatable bonds is 3. The molecule has 0 aromatic heterocycles. The summed E-state index contributed by atoms with van der Waals surface area (Å²) in [5, 5.41) is 38.2. The minimum atomic E-state index is -0.693. The summed E-state index contributed by atoms with van der Waals surface area (Å²) in [6.07, 6.45) is 5.88. The van der Waals surface area contributed by atoms with Crippen LogP contribution in [0.5, 0.6) is 5.75 Å². The predicted octanol–water partition coefficient (Wildman–Crippen LogP) is 3.84. The molecule has 3 aliphatic carbocycles. The van der Waals surface area contributed by atoms with Crippen molar-refractivity contribution in [1.82, 2.24) is 0 Å². The molecule has 1 aromatic rings. The van der Waals surface area contributed by atoms with E-state index in [2.05, 4.69) is 13.0 Å². The van der Waals surface area contributed by atoms with Crippen molar-refractivity contribution in [1.29, 1.82) is 0 Å². The number of phenols is 1. The van der Waals surface area contributed by atoms with Gasteiger partial charge in [-0.15, -0.1) is 0 Å². The van der Waals surface area contributed by atoms with E-state index in [0.717, 1.165) is 44.9 Å². The van der Waals surface area contributed by atoms with E-state index in [0.29, 0.717) is 29.9 Å². The molecule has 0 bridgehead atoms. The lowest BCUT2D eigenvalue weighted by Crippen LogP contribution is -2.44. The fourth-order valence-corrected chi connectivity index (χ4v) is 5.88. The number of carboxylic acids is 1. The number of phenolic OH excluding ortho intramolecular Hbond substituents is 1. The molecule has 156 valence electrons. The second-order valence-electron chi connectivity index (χ2n) is 9.09. The lowest BCUT2D eigenvalue weighted by atomic mass is 9.55. The average Bonchev–Trinajstić information content (AvgIpc) is 2.90. The normalized spacial score (nSPS) is 35.8. The van der Waals surface area contributed by atoms with Crippen LogP contribution in [0, 0.1) is 17.3 Å². The summed E-state index contributed by atoms with van der Waals surface area (Å²) < 4.78 is 0. The summed E-state index contributed by atoms with van der Waals surface area (Å²) in [4.78, 5) is 9.76. The van der Waals surface area contributed by atoms with Gasteiger partial charge in [-0.3, -0.25) is 4.79 Å². The van der Waals surface area contributed by atoms with Crippen LogP contribution >= 0.6 is 0 Å². The fraction of sp³-hybridized carbons (Fsp3) is 0.696. The van der Waals surface area contributed by atoms with E-state index in [1.807, 2.05) is 13.0 Å². The third-order valence-electron chi connectivity index (χ3n) is 7.43. The Balaban J connectivity index is 0.000000279. The number of fused-ring (bicyclic) bond motifs is 5. The molecule has 2 saturated carbocycles. The van der Waals surface area contributed by atoms with E-state index in [4.69, 9.17) is 5.11 Å². The third-order valence-corrected chi connectivity index (χ3v) is 7.43. The molecule has 6 atom stereocenters. The van der Waals surface area contributed by atoms with E-state index < -0.39 is 18.2 Å². The molecular formula is C23H34O5. The summed E-state index contributed by atoms with van der Waals surface area (Å²) in [5.41, 5.74) is 2.57. The van der Waals surface area contributed by atoms with Gasteiger partial charge in [0.15, 0.2) is 0 Å². The van der Waals surface area contributed by atoms with E-state index in [1.165, 1.54) is 11.1 Å². The van der Waals surface area contributed by atoms with Crippen molar-refractivity contribution in [3.05, 3.63) is 29.3 Å². The van der Waals surface area contributed by atoms with Crippen molar-refractivity contribution in [3.63, 3.8) is 0 Å². The van der Waals surface area contributed by atoms with Crippen LogP contribution in [0.1, 0.15) is 75.8 Å². The number of aliphatic hydroxyl groups excluding tert-OH is 2. The molecule has 0 amide bonds. The first-order chi connectivity index (χ1) is 13.3. The van der Waals surface area contributed by atoms with Gasteiger partial charge in [-0.25, -0.2) is 0 Å². The van der Waals surface area contributed by atoms with Crippen LogP contribution < -0.4 is 0 Å². The summed E-state index contributed by atoms with van der Waals surface area (Å²) in [7, 11) is 0. The number of unbranched alkanes of at least 4 members (excludes halogenated alkanes) is 1. The molecule has 0 heterocycles. The van der Waals surface area contributed by atoms with Gasteiger partial charge in [0.25, 0.3) is 0 Å². The van der Waals surface area contributed by atoms with Gasteiger partial charge in [-0.2, -0.15) is 0 Å². The van der Waals surface area contributed by atoms with Crippen LogP contribution in [0.3, 0.4) is 0 Å². The Labute approximate surface area is 167 Å². The molecule has 28 heavy (non-hydrogen) atoms. The molecule has 3 aliphatic rings. The van der Waals surface area contributed by atoms with Crippen LogP contribution in [0.2, 0.25) is 0 Å². The molecule has 4 rings (SSSR count). The summed E-state index contributed by atoms with van der Waals surface area (Å²) >= 11 is 0. The van der Waals surface area contributed by atoms with Crippen molar-refractivity contribution in [3.8, 4) is 5.75 Å². The third kappa shape index (κ3) is 3.92. The predicted molar refractivity (Wildman–Crippen MR) is 107 cm³/mol. The molecule has 1 aromatic carbocycles. The molecule has 5 heteroatoms. The summed E-state index contributed by atoms with van der Waals surface area (Å²) in [6, 6.07) is 5.80. The van der Waals surface area contributed by atoms with Gasteiger partial charge in [-0.05, 0) is 85.0 Å². The van der Waals surface area contributed by atoms with Gasteiger partial charge in [0.1, 0.15) is 5.75 Å². The molecule has 0 saturated heterocycles. The Hall–Kier alpha value is -1.59. The molecular weight excluding hydrogens is 356 g/mol. The highest BCUT2D eigenvalue weighted by Crippen LogP contribution is 2.60. The SMILES string of the molecule is CCCCC(=O)O.C[C@]12CC[C@@H]3c4ccc(O)cc4CC[C@H]3[C@@H]1C[C@@H](O)[C@@H]2O. The lowest BCUT2D eigenvalue weighted by molar-refractivity contribution is -0.137. The summed E-state index contributed by atoms with van der Waals surface area (Å²) in [6.45, 7) is 4.14. The van der Waals surface area contributed by atoms with E-state index in [9.17, 15) is 20.1 Å². The first kappa shape index (κ1) is 21.1. The number of benzene rings is 1. The first-order valence-electron chi connectivity index (χ1n) is 10.7. The monoisotopic (exact) mass is 390 g/mol. The molecule has 4 N–H and O–H groups in total. The number of carbonyl (C=O) groups is 1. The number of aromatic hydroxyl groups is 1. The molecule has 0 unspecified atom stereocenters. The van der Waals surface area contributed by atoms with Gasteiger partial charge in [0.2, 0.25) is 0 Å². The molecule has 0 aliphatic heterocycles. The maximum atomic E-state index is 10.4. The van der Waals surface area contributed by atoms with Crippen LogP contribution in [0.15, 0.2) is 18.2 Å². The highest BCUT2D eigenvalue weighted by atomic mass is 16.4. The minimum absolute atomic E-state index is 0.116. The average molecular weight is 391 g/mol. The zero-order chi connectivity index (χ0) is 20.5. The Morgan fingerprint density at radius 3 is 2.64 bits per heavy atom. The van der Waals surface area contributed by atoms with E-state index in [-0.39, 0.29) is 5.41 Å². The van der Waals surface area contributed by atoms with E-state index >= 15 is 0 Å². The Kier molecular flexibility index (Phi) is 6.35. The quantitative estimate of drug-likeness (QED) is 0.629. The fourth-order valence-electron chi connectivity index (χ4n) is 5.88. The number of hydrogen-bond donors (Lipinski definition) is 4. The van der Waals surface area contributed by atoms with Gasteiger partial charge in [0.05, 0.1) is 12.2 Å². The van der Waals surface area contributed by atoms with Crippen LogP contribution in [0.25, 0.3) is 0 Å². The van der Waals surface area contributed by atoms with Crippen molar-refractivity contribution in [2.75, 3.05) is 0 Å². The van der Waals surface area contributed by atoms with Crippen LogP contribution in [-0.2, 0) is 11.2 Å². The number of hydrogen-bond acceptors (Lipinski definition) is 4. The van der Waals surface area contributed by atoms with Gasteiger partial charge in [0, 0.05) is 6.42 Å². The lowest BCUT2D eigenvalue weighted by Gasteiger charge is -2.49. The van der Waals surface area contributed by atoms with E-state index in [1.54, 1.807) is 6.07 Å². The Morgan fingerprint density at radius 1 is 1.25 bits per heavy atom. The summed E-state index contributed by atoms with van der Waals surface area (Å²) in [5.74, 6) is 1.18. The number of aryl methyl sites for hydroxylation is 1. The maximum absolute atomic E-state index is 10.4. The number of aliphatic carboxylic acids is 1. The highest BCUT2D eigenvalue weighted by molar-refractivity contribution is 5.66. The second kappa shape index (κ2) is 8.42. The molecule has 0 radical (unpaired) electrons. The van der Waals surface area contributed by atoms with Crippen molar-refractivity contribution in [2.45, 2.75) is 83.3 Å². The van der Waals surface area contributed by atoms with Gasteiger partial charge >= 0.3 is 5.97 Å². The maximum Gasteiger partial charge on any atom is 0.303 e. The topological polar surface area (TPSA) is 98.0 Å². The Morgan fingerprint density at radius 2 is 2.00 bits per heavy atom. The van der Waals surface area contributed by atoms with Gasteiger partial charge < -0.3 is 20.4 Å². The van der Waals surface area contributed by atoms with Crippen molar-refractivity contribution >= 4 is 5.97 Å². The zero-order valence-corrected chi connectivity index (χ0v) is 17.0. The largest absolute Gasteiger partial charge is 0.508 e. The van der Waals surface area contributed by atoms with Crippen LogP contribution in [-0.4, -0.2) is 38.6 Å². The van der Waals surface area contributed by atoms with Gasteiger partial charge in [-0.1, -0.05) is 26.3 Å². The standard InChI is InChI=1S/C18H24O3.C5H10O2/c1-18-7-6-13-12-5-3-11(19)8-10(12)2-4-14(13)15(18)9-16(20)17(18)21;1-2-3-4-5(6)7/h3,5,8,13-17,19-21H,2,4,6-7,9H2,1H3;2-4H2,1H3,(H,6,7)/t13-,14-,15+,16-,17+,18+;/m1./s1. The second-order valence-corrected chi connectivity index (χ2v) is 9.09. The molecule has 0 spiro atoms. The minimum Gasteiger partial charge on any atom is -0.508 e. The van der Waals surface area contributed by atoms with Crippen molar-refractivity contribution < 1.29 is 25.2 Å².